The molecule has 0 aliphatic rings. The third-order valence-corrected chi connectivity index (χ3v) is 3.45. The van der Waals surface area contributed by atoms with E-state index < -0.39 is 0 Å². The van der Waals surface area contributed by atoms with Crippen molar-refractivity contribution in [1.29, 1.82) is 0 Å². The lowest BCUT2D eigenvalue weighted by molar-refractivity contribution is 0.639. The maximum absolute atomic E-state index is 14.1. The lowest BCUT2D eigenvalue weighted by Gasteiger charge is -2.11. The Kier molecular flexibility index (Phi) is 3.11. The van der Waals surface area contributed by atoms with E-state index in [1.807, 2.05) is 43.3 Å². The Balaban J connectivity index is 2.35. The van der Waals surface area contributed by atoms with Crippen LogP contribution in [0.5, 0.6) is 0 Å². The van der Waals surface area contributed by atoms with Crippen molar-refractivity contribution in [2.24, 2.45) is 0 Å². The van der Waals surface area contributed by atoms with Gasteiger partial charge in [-0.05, 0) is 24.6 Å². The summed E-state index contributed by atoms with van der Waals surface area (Å²) in [6, 6.07) is 15.1. The minimum atomic E-state index is -0.248. The van der Waals surface area contributed by atoms with Gasteiger partial charge in [-0.25, -0.2) is 9.37 Å². The normalized spacial score (nSPS) is 10.8. The molecule has 0 unspecified atom stereocenters. The number of rotatable bonds is 2. The zero-order valence-corrected chi connectivity index (χ0v) is 11.4. The van der Waals surface area contributed by atoms with Crippen molar-refractivity contribution < 1.29 is 4.39 Å². The Labute approximate surface area is 117 Å². The Hall–Kier alpha value is -2.42. The monoisotopic (exact) mass is 266 g/mol. The summed E-state index contributed by atoms with van der Waals surface area (Å²) in [5, 5.41) is 3.62. The Morgan fingerprint density at radius 2 is 1.80 bits per heavy atom. The summed E-state index contributed by atoms with van der Waals surface area (Å²) < 4.78 is 14.1. The van der Waals surface area contributed by atoms with Crippen LogP contribution < -0.4 is 5.32 Å². The van der Waals surface area contributed by atoms with E-state index in [9.17, 15) is 4.39 Å². The lowest BCUT2D eigenvalue weighted by atomic mass is 10.0. The summed E-state index contributed by atoms with van der Waals surface area (Å²) >= 11 is 0. The van der Waals surface area contributed by atoms with Gasteiger partial charge < -0.3 is 5.32 Å². The number of nitrogens with one attached hydrogen (secondary N) is 1. The number of aromatic nitrogens is 1. The zero-order chi connectivity index (χ0) is 14.1. The highest BCUT2D eigenvalue weighted by Gasteiger charge is 2.12. The maximum Gasteiger partial charge on any atom is 0.134 e. The molecule has 0 fully saturated rings. The van der Waals surface area contributed by atoms with Crippen LogP contribution in [0.1, 0.15) is 5.56 Å². The zero-order valence-electron chi connectivity index (χ0n) is 11.4. The smallest absolute Gasteiger partial charge is 0.134 e. The van der Waals surface area contributed by atoms with Gasteiger partial charge in [-0.1, -0.05) is 36.4 Å². The minimum Gasteiger partial charge on any atom is -0.387 e. The van der Waals surface area contributed by atoms with Gasteiger partial charge in [0.15, 0.2) is 0 Å². The molecule has 2 nitrogen and oxygen atoms in total. The fourth-order valence-corrected chi connectivity index (χ4v) is 2.39. The van der Waals surface area contributed by atoms with Crippen molar-refractivity contribution in [3.8, 4) is 11.3 Å². The van der Waals surface area contributed by atoms with Crippen LogP contribution in [-0.4, -0.2) is 12.0 Å². The summed E-state index contributed by atoms with van der Waals surface area (Å²) in [6.45, 7) is 1.95. The van der Waals surface area contributed by atoms with Crippen LogP contribution in [0.3, 0.4) is 0 Å². The lowest BCUT2D eigenvalue weighted by Crippen LogP contribution is -1.97. The molecule has 3 rings (SSSR count). The molecule has 1 aromatic heterocycles. The van der Waals surface area contributed by atoms with Gasteiger partial charge in [0.1, 0.15) is 5.82 Å². The molecular weight excluding hydrogens is 251 g/mol. The Morgan fingerprint density at radius 3 is 2.50 bits per heavy atom. The molecule has 20 heavy (non-hydrogen) atoms. The Bertz CT molecular complexity index is 767. The van der Waals surface area contributed by atoms with Gasteiger partial charge in [-0.15, -0.1) is 0 Å². The van der Waals surface area contributed by atoms with Gasteiger partial charge in [0, 0.05) is 18.3 Å². The summed E-state index contributed by atoms with van der Waals surface area (Å²) in [5.74, 6) is -0.248. The number of hydrogen-bond acceptors (Lipinski definition) is 2. The van der Waals surface area contributed by atoms with Crippen LogP contribution in [0.4, 0.5) is 10.1 Å². The van der Waals surface area contributed by atoms with E-state index in [-0.39, 0.29) is 5.82 Å². The molecule has 1 N–H and O–H groups in total. The molecule has 2 aromatic carbocycles. The predicted octanol–water partition coefficient (Wildman–Crippen LogP) is 4.39. The van der Waals surface area contributed by atoms with Gasteiger partial charge in [-0.3, -0.25) is 0 Å². The first-order chi connectivity index (χ1) is 9.70. The second kappa shape index (κ2) is 4.93. The number of aryl methyl sites for hydroxylation is 1. The number of anilines is 1. The SMILES string of the molecule is CNc1cc(-c2ccccc2)nc2c(C)ccc(F)c12. The van der Waals surface area contributed by atoms with E-state index in [4.69, 9.17) is 0 Å². The molecular formula is C17H15FN2. The molecule has 0 radical (unpaired) electrons. The molecule has 0 aliphatic carbocycles. The first-order valence-corrected chi connectivity index (χ1v) is 6.53. The van der Waals surface area contributed by atoms with Crippen LogP contribution in [0.25, 0.3) is 22.2 Å². The maximum atomic E-state index is 14.1. The number of benzene rings is 2. The number of nitrogens with zero attached hydrogens (tertiary/aromatic N) is 1. The molecule has 100 valence electrons. The van der Waals surface area contributed by atoms with Gasteiger partial charge >= 0.3 is 0 Å². The van der Waals surface area contributed by atoms with Crippen molar-refractivity contribution in [1.82, 2.24) is 4.98 Å². The standard InChI is InChI=1S/C17H15FN2/c1-11-8-9-13(18)16-15(19-2)10-14(20-17(11)16)12-6-4-3-5-7-12/h3-10H,1-2H3,(H,19,20). The van der Waals surface area contributed by atoms with Gasteiger partial charge in [0.2, 0.25) is 0 Å². The average molecular weight is 266 g/mol. The number of fused-ring (bicyclic) bond motifs is 1. The van der Waals surface area contributed by atoms with E-state index in [0.717, 1.165) is 22.5 Å². The topological polar surface area (TPSA) is 24.9 Å². The van der Waals surface area contributed by atoms with E-state index in [0.29, 0.717) is 10.9 Å². The van der Waals surface area contributed by atoms with Crippen LogP contribution >= 0.6 is 0 Å². The minimum absolute atomic E-state index is 0.248. The van der Waals surface area contributed by atoms with Gasteiger partial charge in [-0.2, -0.15) is 0 Å². The molecule has 0 amide bonds. The van der Waals surface area contributed by atoms with Crippen molar-refractivity contribution in [3.63, 3.8) is 0 Å². The van der Waals surface area contributed by atoms with Crippen molar-refractivity contribution in [3.05, 3.63) is 59.9 Å². The first-order valence-electron chi connectivity index (χ1n) is 6.53. The molecule has 0 atom stereocenters. The first kappa shape index (κ1) is 12.6. The molecule has 3 aromatic rings. The predicted molar refractivity (Wildman–Crippen MR) is 81.4 cm³/mol. The number of hydrogen-bond donors (Lipinski definition) is 1. The Morgan fingerprint density at radius 1 is 1.05 bits per heavy atom. The quantitative estimate of drug-likeness (QED) is 0.744. The largest absolute Gasteiger partial charge is 0.387 e. The van der Waals surface area contributed by atoms with Crippen LogP contribution in [0.2, 0.25) is 0 Å². The molecule has 0 aliphatic heterocycles. The second-order valence-electron chi connectivity index (χ2n) is 4.76. The molecule has 0 bridgehead atoms. The van der Waals surface area contributed by atoms with Gasteiger partial charge in [0.25, 0.3) is 0 Å². The van der Waals surface area contributed by atoms with Crippen LogP contribution in [0, 0.1) is 12.7 Å². The summed E-state index contributed by atoms with van der Waals surface area (Å²) in [7, 11) is 1.80. The highest BCUT2D eigenvalue weighted by molar-refractivity contribution is 5.95. The van der Waals surface area contributed by atoms with Crippen LogP contribution in [0.15, 0.2) is 48.5 Å². The molecule has 3 heteroatoms. The molecule has 0 saturated carbocycles. The second-order valence-corrected chi connectivity index (χ2v) is 4.76. The molecule has 0 saturated heterocycles. The summed E-state index contributed by atoms with van der Waals surface area (Å²) in [6.07, 6.45) is 0. The molecule has 0 spiro atoms. The van der Waals surface area contributed by atoms with Crippen molar-refractivity contribution in [2.45, 2.75) is 6.92 Å². The fraction of sp³-hybridized carbons (Fsp3) is 0.118. The summed E-state index contributed by atoms with van der Waals surface area (Å²) in [4.78, 5) is 4.63. The number of pyridine rings is 1. The van der Waals surface area contributed by atoms with Gasteiger partial charge in [0.05, 0.1) is 16.6 Å². The number of halogens is 1. The van der Waals surface area contributed by atoms with E-state index in [2.05, 4.69) is 10.3 Å². The van der Waals surface area contributed by atoms with E-state index >= 15 is 0 Å². The van der Waals surface area contributed by atoms with Crippen molar-refractivity contribution in [2.75, 3.05) is 12.4 Å². The fourth-order valence-electron chi connectivity index (χ4n) is 2.39. The average Bonchev–Trinajstić information content (AvgIpc) is 2.51. The highest BCUT2D eigenvalue weighted by Crippen LogP contribution is 2.31. The third kappa shape index (κ3) is 2.01. The van der Waals surface area contributed by atoms with E-state index in [1.54, 1.807) is 13.1 Å². The van der Waals surface area contributed by atoms with Crippen LogP contribution in [-0.2, 0) is 0 Å². The molecule has 1 heterocycles. The third-order valence-electron chi connectivity index (χ3n) is 3.45. The highest BCUT2D eigenvalue weighted by atomic mass is 19.1. The van der Waals surface area contributed by atoms with E-state index in [1.165, 1.54) is 6.07 Å². The van der Waals surface area contributed by atoms with Crippen molar-refractivity contribution >= 4 is 16.6 Å². The summed E-state index contributed by atoms with van der Waals surface area (Å²) in [5.41, 5.74) is 4.30.